The van der Waals surface area contributed by atoms with Gasteiger partial charge in [-0.3, -0.25) is 19.2 Å². The number of rotatable bonds is 2. The molecule has 1 aliphatic heterocycles. The first-order valence-electron chi connectivity index (χ1n) is 11.9. The highest BCUT2D eigenvalue weighted by atomic mass is 16.7. The molecule has 4 atom stereocenters. The van der Waals surface area contributed by atoms with E-state index in [2.05, 4.69) is 0 Å². The van der Waals surface area contributed by atoms with Crippen molar-refractivity contribution in [3.05, 3.63) is 33.4 Å². The van der Waals surface area contributed by atoms with Crippen LogP contribution in [0.1, 0.15) is 79.2 Å². The number of fused-ring (bicyclic) bond motifs is 5. The number of aromatic hydroxyl groups is 6. The quantitative estimate of drug-likeness (QED) is 0.196. The highest BCUT2D eigenvalue weighted by Crippen LogP contribution is 2.73. The largest absolute Gasteiger partial charge is 0.507 e. The maximum atomic E-state index is 14.4. The lowest BCUT2D eigenvalue weighted by atomic mass is 9.45. The van der Waals surface area contributed by atoms with Gasteiger partial charge in [0, 0.05) is 11.1 Å². The van der Waals surface area contributed by atoms with Crippen molar-refractivity contribution in [1.82, 2.24) is 0 Å². The van der Waals surface area contributed by atoms with E-state index in [1.54, 1.807) is 0 Å². The van der Waals surface area contributed by atoms with Gasteiger partial charge >= 0.3 is 0 Å². The highest BCUT2D eigenvalue weighted by Gasteiger charge is 2.89. The van der Waals surface area contributed by atoms with Gasteiger partial charge in [0.25, 0.3) is 0 Å². The molecule has 2 aromatic rings. The molecule has 0 radical (unpaired) electrons. The summed E-state index contributed by atoms with van der Waals surface area (Å²) in [6, 6.07) is 0. The molecule has 13 nitrogen and oxygen atoms in total. The van der Waals surface area contributed by atoms with Crippen molar-refractivity contribution < 1.29 is 64.8 Å². The fourth-order valence-electron chi connectivity index (χ4n) is 6.86. The van der Waals surface area contributed by atoms with Gasteiger partial charge in [-0.2, -0.15) is 0 Å². The summed E-state index contributed by atoms with van der Waals surface area (Å²) in [7, 11) is 0. The van der Waals surface area contributed by atoms with E-state index >= 15 is 0 Å². The average Bonchev–Trinajstić information content (AvgIpc) is 3.10. The number of benzene rings is 2. The monoisotopic (exact) mass is 544 g/mol. The van der Waals surface area contributed by atoms with Crippen molar-refractivity contribution in [3.63, 3.8) is 0 Å². The van der Waals surface area contributed by atoms with Crippen LogP contribution in [0.2, 0.25) is 0 Å². The molecule has 3 aliphatic rings. The number of ketones is 4. The van der Waals surface area contributed by atoms with E-state index < -0.39 is 126 Å². The van der Waals surface area contributed by atoms with E-state index in [9.17, 15) is 60.0 Å². The van der Waals surface area contributed by atoms with Gasteiger partial charge in [-0.05, 0) is 26.7 Å². The molecule has 0 spiro atoms. The molecular formula is C26H24O13. The normalized spacial score (nSPS) is 31.1. The van der Waals surface area contributed by atoms with Crippen LogP contribution in [0.4, 0.5) is 0 Å². The number of phenols is 6. The molecule has 5 rings (SSSR count). The van der Waals surface area contributed by atoms with Gasteiger partial charge < -0.3 is 45.6 Å². The second-order valence-electron chi connectivity index (χ2n) is 10.1. The Hall–Kier alpha value is -4.20. The van der Waals surface area contributed by atoms with E-state index in [-0.39, 0.29) is 0 Å². The Balaban J connectivity index is 2.00. The summed E-state index contributed by atoms with van der Waals surface area (Å²) in [4.78, 5) is 56.4. The molecule has 0 amide bonds. The number of Topliss-reactive ketones (excluding diaryl/α,β-unsaturated/α-hetero) is 4. The first-order chi connectivity index (χ1) is 18.0. The Bertz CT molecular complexity index is 1490. The SMILES string of the molecule is CC[C@@]12C(=O)c3c(O)c(C)c(O)c(O)c3C(=O)[C@]1(O)O[C@@]1(O)C(=O)c3c(O)c(O)c(C)c(O)c3C(=O)[C@@]21CC. The standard InChI is InChI=1S/C26H24O13/c1-5-23-19(33)9-11(17(31)15(29)7(3)13(9)27)21(35)25(23,37)39-26(38)22(36)12-10(20(34)24(23,26)6-2)14(28)8(4)16(30)18(12)32/h27-32,37-38H,5-6H2,1-4H3/t23-,24-,25-,26-/m0/s1. The van der Waals surface area contributed by atoms with Crippen LogP contribution in [-0.2, 0) is 4.74 Å². The summed E-state index contributed by atoms with van der Waals surface area (Å²) in [6.07, 6.45) is -1.33. The van der Waals surface area contributed by atoms with E-state index in [0.717, 1.165) is 13.8 Å². The summed E-state index contributed by atoms with van der Waals surface area (Å²) in [5.41, 5.74) is -10.5. The lowest BCUT2D eigenvalue weighted by Gasteiger charge is -2.51. The van der Waals surface area contributed by atoms with E-state index in [4.69, 9.17) is 4.74 Å². The Morgan fingerprint density at radius 3 is 1.08 bits per heavy atom. The van der Waals surface area contributed by atoms with E-state index in [0.29, 0.717) is 0 Å². The number of hydrogen-bond acceptors (Lipinski definition) is 13. The molecule has 8 N–H and O–H groups in total. The molecule has 206 valence electrons. The zero-order valence-electron chi connectivity index (χ0n) is 21.0. The molecule has 0 unspecified atom stereocenters. The first-order valence-corrected chi connectivity index (χ1v) is 11.9. The third-order valence-corrected chi connectivity index (χ3v) is 8.86. The molecule has 2 aromatic carbocycles. The van der Waals surface area contributed by atoms with Crippen LogP contribution >= 0.6 is 0 Å². The zero-order valence-corrected chi connectivity index (χ0v) is 21.0. The number of ether oxygens (including phenoxy) is 1. The van der Waals surface area contributed by atoms with Crippen LogP contribution in [-0.4, -0.2) is 75.6 Å². The van der Waals surface area contributed by atoms with Crippen LogP contribution in [0.5, 0.6) is 34.5 Å². The second kappa shape index (κ2) is 7.25. The fraction of sp³-hybridized carbons (Fsp3) is 0.385. The number of carbonyl (C=O) groups excluding carboxylic acids is 4. The summed E-state index contributed by atoms with van der Waals surface area (Å²) in [5.74, 6) is -19.5. The van der Waals surface area contributed by atoms with Crippen LogP contribution in [0.25, 0.3) is 0 Å². The van der Waals surface area contributed by atoms with Crippen LogP contribution in [0.15, 0.2) is 0 Å². The van der Waals surface area contributed by atoms with Crippen molar-refractivity contribution in [3.8, 4) is 34.5 Å². The fourth-order valence-corrected chi connectivity index (χ4v) is 6.86. The molecule has 39 heavy (non-hydrogen) atoms. The maximum absolute atomic E-state index is 14.4. The van der Waals surface area contributed by atoms with Crippen molar-refractivity contribution >= 4 is 23.1 Å². The minimum absolute atomic E-state index is 0.422. The lowest BCUT2D eigenvalue weighted by molar-refractivity contribution is -0.261. The number of carbonyl (C=O) groups is 4. The molecule has 1 saturated heterocycles. The Labute approximate surface area is 219 Å². The molecule has 2 aliphatic carbocycles. The Morgan fingerprint density at radius 1 is 0.513 bits per heavy atom. The molecule has 0 saturated carbocycles. The van der Waals surface area contributed by atoms with Gasteiger partial charge in [-0.15, -0.1) is 0 Å². The highest BCUT2D eigenvalue weighted by molar-refractivity contribution is 6.30. The topological polar surface area (TPSA) is 239 Å². The zero-order chi connectivity index (χ0) is 29.4. The summed E-state index contributed by atoms with van der Waals surface area (Å²) in [5, 5.41) is 86.9. The van der Waals surface area contributed by atoms with Crippen molar-refractivity contribution in [1.29, 1.82) is 0 Å². The van der Waals surface area contributed by atoms with Gasteiger partial charge in [0.1, 0.15) is 22.3 Å². The summed E-state index contributed by atoms with van der Waals surface area (Å²) in [6.45, 7) is 4.70. The van der Waals surface area contributed by atoms with Gasteiger partial charge in [-0.1, -0.05) is 13.8 Å². The van der Waals surface area contributed by atoms with Gasteiger partial charge in [-0.25, -0.2) is 0 Å². The second-order valence-corrected chi connectivity index (χ2v) is 10.1. The molecule has 13 heteroatoms. The number of hydrogen-bond donors (Lipinski definition) is 8. The average molecular weight is 544 g/mol. The Kier molecular flexibility index (Phi) is 4.91. The van der Waals surface area contributed by atoms with Crippen LogP contribution < -0.4 is 0 Å². The molecule has 0 aromatic heterocycles. The number of phenolic OH excluding ortho intramolecular Hbond substituents is 6. The molecular weight excluding hydrogens is 520 g/mol. The van der Waals surface area contributed by atoms with E-state index in [1.807, 2.05) is 0 Å². The third-order valence-electron chi connectivity index (χ3n) is 8.86. The van der Waals surface area contributed by atoms with Gasteiger partial charge in [0.05, 0.1) is 22.3 Å². The first kappa shape index (κ1) is 26.4. The van der Waals surface area contributed by atoms with Gasteiger partial charge in [0.15, 0.2) is 34.6 Å². The predicted octanol–water partition coefficient (Wildman–Crippen LogP) is 1.20. The molecule has 1 heterocycles. The van der Waals surface area contributed by atoms with Crippen molar-refractivity contribution in [2.24, 2.45) is 10.8 Å². The van der Waals surface area contributed by atoms with Crippen molar-refractivity contribution in [2.45, 2.75) is 52.1 Å². The predicted molar refractivity (Wildman–Crippen MR) is 126 cm³/mol. The smallest absolute Gasteiger partial charge is 0.248 e. The van der Waals surface area contributed by atoms with Crippen molar-refractivity contribution in [2.75, 3.05) is 0 Å². The maximum Gasteiger partial charge on any atom is 0.248 e. The third kappa shape index (κ3) is 2.27. The molecule has 1 fully saturated rings. The summed E-state index contributed by atoms with van der Waals surface area (Å²) < 4.78 is 5.36. The number of aliphatic hydroxyl groups is 2. The van der Waals surface area contributed by atoms with Gasteiger partial charge in [0.2, 0.25) is 23.1 Å². The lowest BCUT2D eigenvalue weighted by Crippen LogP contribution is -2.69. The van der Waals surface area contributed by atoms with E-state index in [1.165, 1.54) is 13.8 Å². The Morgan fingerprint density at radius 2 is 0.795 bits per heavy atom. The molecule has 0 bridgehead atoms. The summed E-state index contributed by atoms with van der Waals surface area (Å²) >= 11 is 0. The minimum atomic E-state index is -3.54. The van der Waals surface area contributed by atoms with Crippen LogP contribution in [0.3, 0.4) is 0 Å². The van der Waals surface area contributed by atoms with Crippen LogP contribution in [0, 0.1) is 24.7 Å². The minimum Gasteiger partial charge on any atom is -0.507 e.